The van der Waals surface area contributed by atoms with Gasteiger partial charge in [0.05, 0.1) is 0 Å². The molecule has 0 radical (unpaired) electrons. The topological polar surface area (TPSA) is 0 Å². The summed E-state index contributed by atoms with van der Waals surface area (Å²) in [5.74, 6) is 0. The van der Waals surface area contributed by atoms with Gasteiger partial charge in [0.15, 0.2) is 0 Å². The predicted octanol–water partition coefficient (Wildman–Crippen LogP) is 14.0. The van der Waals surface area contributed by atoms with E-state index in [0.29, 0.717) is 0 Å². The van der Waals surface area contributed by atoms with Gasteiger partial charge >= 0.3 is 0 Å². The summed E-state index contributed by atoms with van der Waals surface area (Å²) >= 11 is 6.88. The number of hydrogen-bond acceptors (Lipinski definition) is 2. The third-order valence-electron chi connectivity index (χ3n) is 9.95. The van der Waals surface area contributed by atoms with Crippen LogP contribution in [-0.2, 0) is 0 Å². The summed E-state index contributed by atoms with van der Waals surface area (Å²) in [5, 5.41) is 12.6. The number of rotatable bonds is 3. The molecule has 0 N–H and O–H groups in total. The molecule has 1 heterocycles. The van der Waals surface area contributed by atoms with Gasteiger partial charge in [-0.2, -0.15) is 0 Å². The van der Waals surface area contributed by atoms with Crippen molar-refractivity contribution in [2.75, 3.05) is 0 Å². The first-order valence-corrected chi connectivity index (χ1v) is 17.6. The monoisotopic (exact) mass is 644 g/mol. The van der Waals surface area contributed by atoms with Crippen LogP contribution in [0.25, 0.3) is 96.6 Å². The minimum absolute atomic E-state index is 1.04. The van der Waals surface area contributed by atoms with E-state index in [4.69, 9.17) is 12.6 Å². The second kappa shape index (κ2) is 10.8. The lowest BCUT2D eigenvalue weighted by Gasteiger charge is -2.18. The normalized spacial score (nSPS) is 11.9. The molecule has 0 fully saturated rings. The molecule has 0 saturated heterocycles. The lowest BCUT2D eigenvalue weighted by Crippen LogP contribution is -1.91. The molecule has 0 unspecified atom stereocenters. The zero-order valence-corrected chi connectivity index (χ0v) is 27.7. The molecule has 0 saturated carbocycles. The van der Waals surface area contributed by atoms with E-state index in [0.717, 1.165) is 4.90 Å². The van der Waals surface area contributed by atoms with Gasteiger partial charge in [-0.05, 0) is 88.6 Å². The molecule has 9 aromatic carbocycles. The molecule has 224 valence electrons. The fourth-order valence-electron chi connectivity index (χ4n) is 7.94. The fraction of sp³-hybridized carbons (Fsp3) is 0. The third kappa shape index (κ3) is 4.03. The maximum atomic E-state index is 4.99. The maximum Gasteiger partial charge on any atom is 0.0361 e. The van der Waals surface area contributed by atoms with Gasteiger partial charge in [0.2, 0.25) is 0 Å². The molecule has 10 aromatic rings. The van der Waals surface area contributed by atoms with E-state index in [1.165, 1.54) is 96.6 Å². The summed E-state index contributed by atoms with van der Waals surface area (Å²) in [6.07, 6.45) is 0. The van der Waals surface area contributed by atoms with Gasteiger partial charge in [0, 0.05) is 25.1 Å². The van der Waals surface area contributed by atoms with E-state index < -0.39 is 0 Å². The third-order valence-corrected chi connectivity index (χ3v) is 11.6. The zero-order valence-electron chi connectivity index (χ0n) is 25.9. The Kier molecular flexibility index (Phi) is 6.24. The molecule has 0 spiro atoms. The molecule has 0 bridgehead atoms. The first-order valence-electron chi connectivity index (χ1n) is 16.3. The van der Waals surface area contributed by atoms with Crippen LogP contribution in [0.1, 0.15) is 0 Å². The summed E-state index contributed by atoms with van der Waals surface area (Å²) in [4.78, 5) is 1.04. The van der Waals surface area contributed by atoms with Crippen molar-refractivity contribution in [2.24, 2.45) is 0 Å². The number of hydrogen-bond donors (Lipinski definition) is 1. The number of fused-ring (bicyclic) bond motifs is 7. The molecule has 10 rings (SSSR count). The second-order valence-corrected chi connectivity index (χ2v) is 14.0. The SMILES string of the molecule is Sc1c2ccccc2c(-c2ccc3c(c2)sc2cccc(-c4c5ccccc5c(-c5ccccc5)c5ccccc45)c23)c2ccccc12. The number of benzene rings is 9. The summed E-state index contributed by atoms with van der Waals surface area (Å²) in [7, 11) is 0. The quantitative estimate of drug-likeness (QED) is 0.144. The van der Waals surface area contributed by atoms with Gasteiger partial charge in [0.1, 0.15) is 0 Å². The molecule has 0 aliphatic carbocycles. The molecule has 2 heteroatoms. The van der Waals surface area contributed by atoms with Crippen LogP contribution in [0.2, 0.25) is 0 Å². The Labute approximate surface area is 287 Å². The summed E-state index contributed by atoms with van der Waals surface area (Å²) in [6.45, 7) is 0. The van der Waals surface area contributed by atoms with Gasteiger partial charge in [0.25, 0.3) is 0 Å². The van der Waals surface area contributed by atoms with Crippen molar-refractivity contribution in [3.05, 3.63) is 164 Å². The highest BCUT2D eigenvalue weighted by Gasteiger charge is 2.20. The van der Waals surface area contributed by atoms with Gasteiger partial charge in [-0.25, -0.2) is 0 Å². The second-order valence-electron chi connectivity index (χ2n) is 12.5. The smallest absolute Gasteiger partial charge is 0.0361 e. The number of thiophene rings is 1. The van der Waals surface area contributed by atoms with E-state index in [2.05, 4.69) is 164 Å². The lowest BCUT2D eigenvalue weighted by atomic mass is 9.85. The van der Waals surface area contributed by atoms with E-state index in [9.17, 15) is 0 Å². The van der Waals surface area contributed by atoms with Crippen LogP contribution in [-0.4, -0.2) is 0 Å². The van der Waals surface area contributed by atoms with Crippen LogP contribution < -0.4 is 0 Å². The molecule has 1 aromatic heterocycles. The van der Waals surface area contributed by atoms with Crippen molar-refractivity contribution < 1.29 is 0 Å². The molecule has 0 aliphatic rings. The van der Waals surface area contributed by atoms with E-state index >= 15 is 0 Å². The molecule has 0 aliphatic heterocycles. The molecule has 0 atom stereocenters. The van der Waals surface area contributed by atoms with Crippen molar-refractivity contribution in [1.82, 2.24) is 0 Å². The van der Waals surface area contributed by atoms with Crippen molar-refractivity contribution in [3.63, 3.8) is 0 Å². The van der Waals surface area contributed by atoms with Crippen LogP contribution >= 0.6 is 24.0 Å². The maximum absolute atomic E-state index is 4.99. The van der Waals surface area contributed by atoms with Gasteiger partial charge in [-0.15, -0.1) is 24.0 Å². The van der Waals surface area contributed by atoms with E-state index in [1.54, 1.807) is 0 Å². The Morgan fingerprint density at radius 2 is 0.812 bits per heavy atom. The summed E-state index contributed by atoms with van der Waals surface area (Å²) in [6, 6.07) is 60.0. The van der Waals surface area contributed by atoms with Gasteiger partial charge in [-0.1, -0.05) is 152 Å². The lowest BCUT2D eigenvalue weighted by molar-refractivity contribution is 1.62. The minimum atomic E-state index is 1.04. The van der Waals surface area contributed by atoms with Crippen molar-refractivity contribution >= 4 is 87.2 Å². The van der Waals surface area contributed by atoms with E-state index in [1.807, 2.05) is 11.3 Å². The van der Waals surface area contributed by atoms with E-state index in [-0.39, 0.29) is 0 Å². The molecule has 0 amide bonds. The largest absolute Gasteiger partial charge is 0.142 e. The average Bonchev–Trinajstić information content (AvgIpc) is 3.53. The van der Waals surface area contributed by atoms with Gasteiger partial charge in [-0.3, -0.25) is 0 Å². The molecule has 48 heavy (non-hydrogen) atoms. The first-order chi connectivity index (χ1) is 23.8. The number of thiol groups is 1. The average molecular weight is 645 g/mol. The molecular weight excluding hydrogens is 617 g/mol. The molecular formula is C46H28S2. The Morgan fingerprint density at radius 1 is 0.333 bits per heavy atom. The predicted molar refractivity (Wildman–Crippen MR) is 213 cm³/mol. The Balaban J connectivity index is 1.27. The van der Waals surface area contributed by atoms with Crippen LogP contribution in [0.3, 0.4) is 0 Å². The minimum Gasteiger partial charge on any atom is -0.142 e. The Bertz CT molecular complexity index is 2780. The standard InChI is InChI=1S/C46H28S2/c47-46-36-21-10-8-19-34(36)43(35-20-9-11-22-37(35)46)29-25-26-38-41(27-29)48-40-24-12-23-39(45(38)40)44-32-17-6-4-15-30(32)42(28-13-2-1-3-14-28)31-16-5-7-18-33(31)44/h1-27,47H. The van der Waals surface area contributed by atoms with Gasteiger partial charge < -0.3 is 0 Å². The van der Waals surface area contributed by atoms with Crippen molar-refractivity contribution in [3.8, 4) is 33.4 Å². The highest BCUT2D eigenvalue weighted by Crippen LogP contribution is 2.49. The summed E-state index contributed by atoms with van der Waals surface area (Å²) in [5.41, 5.74) is 7.63. The van der Waals surface area contributed by atoms with Crippen LogP contribution in [0.5, 0.6) is 0 Å². The van der Waals surface area contributed by atoms with Crippen LogP contribution in [0.4, 0.5) is 0 Å². The first kappa shape index (κ1) is 27.7. The zero-order chi connectivity index (χ0) is 31.8. The Hall–Kier alpha value is -5.41. The molecule has 0 nitrogen and oxygen atoms in total. The summed E-state index contributed by atoms with van der Waals surface area (Å²) < 4.78 is 2.60. The fourth-order valence-corrected chi connectivity index (χ4v) is 9.50. The van der Waals surface area contributed by atoms with Crippen LogP contribution in [0.15, 0.2) is 169 Å². The van der Waals surface area contributed by atoms with Crippen molar-refractivity contribution in [2.45, 2.75) is 4.90 Å². The van der Waals surface area contributed by atoms with Crippen LogP contribution in [0, 0.1) is 0 Å². The highest BCUT2D eigenvalue weighted by molar-refractivity contribution is 7.80. The Morgan fingerprint density at radius 3 is 1.40 bits per heavy atom. The highest BCUT2D eigenvalue weighted by atomic mass is 32.1. The van der Waals surface area contributed by atoms with Crippen molar-refractivity contribution in [1.29, 1.82) is 0 Å².